The first-order chi connectivity index (χ1) is 6.88. The van der Waals surface area contributed by atoms with Crippen LogP contribution < -0.4 is 0 Å². The minimum absolute atomic E-state index is 0.0751. The first-order valence-electron chi connectivity index (χ1n) is 5.48. The third kappa shape index (κ3) is 2.62. The van der Waals surface area contributed by atoms with E-state index in [0.717, 1.165) is 12.8 Å². The van der Waals surface area contributed by atoms with Crippen molar-refractivity contribution >= 4 is 6.09 Å². The third-order valence-corrected chi connectivity index (χ3v) is 3.12. The molecule has 1 saturated heterocycles. The lowest BCUT2D eigenvalue weighted by molar-refractivity contribution is 0.00273. The molecule has 1 aliphatic heterocycles. The minimum Gasteiger partial charge on any atom is -0.465 e. The van der Waals surface area contributed by atoms with E-state index in [1.165, 1.54) is 4.90 Å². The van der Waals surface area contributed by atoms with Crippen molar-refractivity contribution in [3.8, 4) is 0 Å². The van der Waals surface area contributed by atoms with Crippen molar-refractivity contribution in [2.24, 2.45) is 11.3 Å². The van der Waals surface area contributed by atoms with Crippen LogP contribution in [-0.2, 0) is 0 Å². The van der Waals surface area contributed by atoms with Crippen LogP contribution in [0.3, 0.4) is 0 Å². The first kappa shape index (κ1) is 12.3. The van der Waals surface area contributed by atoms with Gasteiger partial charge in [0.05, 0.1) is 0 Å². The molecule has 1 fully saturated rings. The standard InChI is InChI=1S/C11H21NO3/c1-11(2,3)9-8(7-13)5-4-6-12(9)10(14)15/h8-9,13H,4-7H2,1-3H3,(H,14,15). The van der Waals surface area contributed by atoms with Crippen molar-refractivity contribution in [3.63, 3.8) is 0 Å². The molecule has 0 radical (unpaired) electrons. The lowest BCUT2D eigenvalue weighted by Gasteiger charge is -2.46. The van der Waals surface area contributed by atoms with Crippen LogP contribution in [0.4, 0.5) is 4.79 Å². The Balaban J connectivity index is 2.91. The SMILES string of the molecule is CC(C)(C)C1C(CO)CCCN1C(=O)O. The fraction of sp³-hybridized carbons (Fsp3) is 0.909. The predicted molar refractivity (Wildman–Crippen MR) is 57.8 cm³/mol. The number of piperidine rings is 1. The molecule has 4 nitrogen and oxygen atoms in total. The maximum Gasteiger partial charge on any atom is 0.407 e. The lowest BCUT2D eigenvalue weighted by atomic mass is 9.74. The van der Waals surface area contributed by atoms with Crippen molar-refractivity contribution in [1.29, 1.82) is 0 Å². The summed E-state index contributed by atoms with van der Waals surface area (Å²) < 4.78 is 0. The molecule has 2 atom stereocenters. The zero-order valence-corrected chi connectivity index (χ0v) is 9.73. The van der Waals surface area contributed by atoms with E-state index in [9.17, 15) is 9.90 Å². The highest BCUT2D eigenvalue weighted by atomic mass is 16.4. The largest absolute Gasteiger partial charge is 0.465 e. The predicted octanol–water partition coefficient (Wildman–Crippen LogP) is 1.78. The molecular weight excluding hydrogens is 194 g/mol. The Morgan fingerprint density at radius 3 is 2.47 bits per heavy atom. The molecule has 0 aromatic rings. The fourth-order valence-corrected chi connectivity index (χ4v) is 2.66. The number of hydrogen-bond donors (Lipinski definition) is 2. The van der Waals surface area contributed by atoms with E-state index >= 15 is 0 Å². The summed E-state index contributed by atoms with van der Waals surface area (Å²) in [6.45, 7) is 6.75. The van der Waals surface area contributed by atoms with Crippen LogP contribution in [0.5, 0.6) is 0 Å². The van der Waals surface area contributed by atoms with Crippen LogP contribution >= 0.6 is 0 Å². The number of aliphatic hydroxyl groups is 1. The van der Waals surface area contributed by atoms with E-state index in [0.29, 0.717) is 6.54 Å². The normalized spacial score (nSPS) is 27.9. The number of carboxylic acid groups (broad SMARTS) is 1. The highest BCUT2D eigenvalue weighted by Crippen LogP contribution is 2.35. The smallest absolute Gasteiger partial charge is 0.407 e. The van der Waals surface area contributed by atoms with E-state index in [1.807, 2.05) is 20.8 Å². The lowest BCUT2D eigenvalue weighted by Crippen LogP contribution is -2.55. The van der Waals surface area contributed by atoms with Gasteiger partial charge in [-0.25, -0.2) is 4.79 Å². The highest BCUT2D eigenvalue weighted by molar-refractivity contribution is 5.65. The molecule has 1 amide bonds. The molecule has 0 saturated carbocycles. The van der Waals surface area contributed by atoms with Crippen molar-refractivity contribution in [1.82, 2.24) is 4.90 Å². The average Bonchev–Trinajstić information content (AvgIpc) is 2.15. The zero-order valence-electron chi connectivity index (χ0n) is 9.73. The van der Waals surface area contributed by atoms with Gasteiger partial charge in [-0.2, -0.15) is 0 Å². The average molecular weight is 215 g/mol. The number of likely N-dealkylation sites (tertiary alicyclic amines) is 1. The fourth-order valence-electron chi connectivity index (χ4n) is 2.66. The summed E-state index contributed by atoms with van der Waals surface area (Å²) >= 11 is 0. The van der Waals surface area contributed by atoms with E-state index in [1.54, 1.807) is 0 Å². The van der Waals surface area contributed by atoms with Crippen LogP contribution in [0.25, 0.3) is 0 Å². The molecule has 88 valence electrons. The number of aliphatic hydroxyl groups excluding tert-OH is 1. The van der Waals surface area contributed by atoms with Gasteiger partial charge in [-0.3, -0.25) is 0 Å². The van der Waals surface area contributed by atoms with Gasteiger partial charge in [0, 0.05) is 25.1 Å². The molecule has 2 N–H and O–H groups in total. The van der Waals surface area contributed by atoms with E-state index in [2.05, 4.69) is 0 Å². The van der Waals surface area contributed by atoms with Crippen molar-refractivity contribution in [3.05, 3.63) is 0 Å². The van der Waals surface area contributed by atoms with Crippen molar-refractivity contribution in [2.45, 2.75) is 39.7 Å². The minimum atomic E-state index is -0.868. The van der Waals surface area contributed by atoms with Crippen LogP contribution in [-0.4, -0.2) is 40.4 Å². The molecule has 0 spiro atoms. The van der Waals surface area contributed by atoms with Gasteiger partial charge in [-0.1, -0.05) is 20.8 Å². The highest BCUT2D eigenvalue weighted by Gasteiger charge is 2.41. The quantitative estimate of drug-likeness (QED) is 0.701. The maximum atomic E-state index is 11.1. The Kier molecular flexibility index (Phi) is 3.60. The number of rotatable bonds is 1. The second kappa shape index (κ2) is 4.39. The van der Waals surface area contributed by atoms with Gasteiger partial charge in [0.25, 0.3) is 0 Å². The van der Waals surface area contributed by atoms with Crippen LogP contribution in [0.2, 0.25) is 0 Å². The summed E-state index contributed by atoms with van der Waals surface area (Å²) in [6.07, 6.45) is 0.903. The van der Waals surface area contributed by atoms with Gasteiger partial charge in [-0.15, -0.1) is 0 Å². The second-order valence-corrected chi connectivity index (χ2v) is 5.37. The van der Waals surface area contributed by atoms with Crippen molar-refractivity contribution in [2.75, 3.05) is 13.2 Å². The zero-order chi connectivity index (χ0) is 11.6. The summed E-state index contributed by atoms with van der Waals surface area (Å²) in [6, 6.07) is -0.0752. The topological polar surface area (TPSA) is 60.8 Å². The Bertz CT molecular complexity index is 234. The number of carbonyl (C=O) groups is 1. The molecule has 4 heteroatoms. The molecule has 15 heavy (non-hydrogen) atoms. The number of hydrogen-bond acceptors (Lipinski definition) is 2. The molecule has 0 aromatic carbocycles. The summed E-state index contributed by atoms with van der Waals surface area (Å²) in [5.74, 6) is 0.0786. The molecule has 0 aliphatic carbocycles. The van der Waals surface area contributed by atoms with Crippen LogP contribution in [0, 0.1) is 11.3 Å². The second-order valence-electron chi connectivity index (χ2n) is 5.37. The van der Waals surface area contributed by atoms with Crippen LogP contribution in [0.15, 0.2) is 0 Å². The maximum absolute atomic E-state index is 11.1. The molecule has 0 bridgehead atoms. The molecule has 0 aromatic heterocycles. The molecule has 2 unspecified atom stereocenters. The van der Waals surface area contributed by atoms with Gasteiger partial charge in [0.1, 0.15) is 0 Å². The van der Waals surface area contributed by atoms with Gasteiger partial charge in [-0.05, 0) is 18.3 Å². The molecular formula is C11H21NO3. The summed E-state index contributed by atoms with van der Waals surface area (Å²) in [7, 11) is 0. The van der Waals surface area contributed by atoms with Crippen molar-refractivity contribution < 1.29 is 15.0 Å². The Labute approximate surface area is 90.9 Å². The first-order valence-corrected chi connectivity index (χ1v) is 5.48. The molecule has 1 heterocycles. The van der Waals surface area contributed by atoms with E-state index < -0.39 is 6.09 Å². The van der Waals surface area contributed by atoms with E-state index in [4.69, 9.17) is 5.11 Å². The van der Waals surface area contributed by atoms with Gasteiger partial charge in [0.2, 0.25) is 0 Å². The Morgan fingerprint density at radius 2 is 2.07 bits per heavy atom. The molecule has 1 aliphatic rings. The summed E-state index contributed by atoms with van der Waals surface area (Å²) in [5, 5.41) is 18.4. The summed E-state index contributed by atoms with van der Waals surface area (Å²) in [5.41, 5.74) is -0.119. The van der Waals surface area contributed by atoms with Gasteiger partial charge in [0.15, 0.2) is 0 Å². The van der Waals surface area contributed by atoms with Crippen LogP contribution in [0.1, 0.15) is 33.6 Å². The Morgan fingerprint density at radius 1 is 1.47 bits per heavy atom. The van der Waals surface area contributed by atoms with E-state index in [-0.39, 0.29) is 24.0 Å². The number of nitrogens with zero attached hydrogens (tertiary/aromatic N) is 1. The number of amides is 1. The third-order valence-electron chi connectivity index (χ3n) is 3.12. The molecule has 1 rings (SSSR count). The Hall–Kier alpha value is -0.770. The van der Waals surface area contributed by atoms with Gasteiger partial charge >= 0.3 is 6.09 Å². The van der Waals surface area contributed by atoms with Gasteiger partial charge < -0.3 is 15.1 Å². The monoisotopic (exact) mass is 215 g/mol. The summed E-state index contributed by atoms with van der Waals surface area (Å²) in [4.78, 5) is 12.6.